The van der Waals surface area contributed by atoms with Crippen molar-refractivity contribution in [3.8, 4) is 0 Å². The second kappa shape index (κ2) is 6.89. The number of aliphatic carboxylic acids is 1. The number of rotatable bonds is 1. The fourth-order valence-electron chi connectivity index (χ4n) is 10.5. The summed E-state index contributed by atoms with van der Waals surface area (Å²) < 4.78 is 0. The van der Waals surface area contributed by atoms with E-state index in [-0.39, 0.29) is 22.2 Å². The Morgan fingerprint density at radius 2 is 1.55 bits per heavy atom. The van der Waals surface area contributed by atoms with Gasteiger partial charge in [0.15, 0.2) is 0 Å². The monoisotopic (exact) mass is 456 g/mol. The quantitative estimate of drug-likeness (QED) is 0.409. The number of hydrogen-bond donors (Lipinski definition) is 2. The minimum Gasteiger partial charge on any atom is -0.481 e. The SMILES string of the molecule is CC1(C)CC[C@]2(C)CC[C@]3(C)C(=CCC4[C@@]5(C)CC[C@@H](O)[C@](C)(C(=O)O)C5CC[C@]43C)C2C1. The first-order valence-electron chi connectivity index (χ1n) is 13.8. The lowest BCUT2D eigenvalue weighted by Gasteiger charge is -2.71. The summed E-state index contributed by atoms with van der Waals surface area (Å²) in [6.45, 7) is 16.9. The molecule has 2 N–H and O–H groups in total. The highest BCUT2D eigenvalue weighted by Gasteiger charge is 2.69. The molecule has 0 aromatic heterocycles. The standard InChI is InChI=1S/C30H48O3/c1-25(2)14-15-26(3)16-17-28(5)19(20(26)18-25)8-9-21-27(4)12-11-23(31)30(7,24(32)33)22(27)10-13-29(21,28)6/h8,20-23,31H,9-18H2,1-7H3,(H,32,33)/t20?,21?,22?,23-,26-,27-,28-,29-,30-/m1/s1. The molecule has 0 aromatic rings. The minimum absolute atomic E-state index is 0.0308. The molecule has 3 unspecified atom stereocenters. The molecule has 186 valence electrons. The zero-order valence-corrected chi connectivity index (χ0v) is 22.3. The number of aliphatic hydroxyl groups is 1. The van der Waals surface area contributed by atoms with Crippen LogP contribution >= 0.6 is 0 Å². The van der Waals surface area contributed by atoms with Crippen LogP contribution in [0.15, 0.2) is 11.6 Å². The number of fused-ring (bicyclic) bond motifs is 7. The van der Waals surface area contributed by atoms with Gasteiger partial charge in [0.25, 0.3) is 0 Å². The van der Waals surface area contributed by atoms with E-state index in [1.807, 2.05) is 6.92 Å². The average Bonchev–Trinajstić information content (AvgIpc) is 2.72. The molecule has 0 aromatic carbocycles. The molecule has 0 heterocycles. The third-order valence-corrected chi connectivity index (χ3v) is 13.2. The third-order valence-electron chi connectivity index (χ3n) is 13.2. The Morgan fingerprint density at radius 1 is 0.879 bits per heavy atom. The molecular weight excluding hydrogens is 408 g/mol. The van der Waals surface area contributed by atoms with Crippen molar-refractivity contribution in [2.75, 3.05) is 0 Å². The summed E-state index contributed by atoms with van der Waals surface area (Å²) in [5.41, 5.74) is 1.98. The Bertz CT molecular complexity index is 889. The normalized spacial score (nSPS) is 55.3. The molecule has 4 saturated carbocycles. The van der Waals surface area contributed by atoms with Crippen LogP contribution < -0.4 is 0 Å². The van der Waals surface area contributed by atoms with E-state index in [1.54, 1.807) is 5.57 Å². The molecule has 0 bridgehead atoms. The third kappa shape index (κ3) is 2.87. The smallest absolute Gasteiger partial charge is 0.312 e. The minimum atomic E-state index is -1.03. The summed E-state index contributed by atoms with van der Waals surface area (Å²) in [6.07, 6.45) is 13.2. The van der Waals surface area contributed by atoms with E-state index in [9.17, 15) is 15.0 Å². The number of allylic oxidation sites excluding steroid dienone is 2. The van der Waals surface area contributed by atoms with Crippen molar-refractivity contribution in [1.82, 2.24) is 0 Å². The Balaban J connectivity index is 1.58. The predicted molar refractivity (Wildman–Crippen MR) is 133 cm³/mol. The van der Waals surface area contributed by atoms with Crippen LogP contribution in [0.5, 0.6) is 0 Å². The highest BCUT2D eigenvalue weighted by atomic mass is 16.4. The van der Waals surface area contributed by atoms with Gasteiger partial charge in [-0.05, 0) is 116 Å². The molecule has 0 saturated heterocycles. The first-order valence-corrected chi connectivity index (χ1v) is 13.8. The van der Waals surface area contributed by atoms with E-state index >= 15 is 0 Å². The molecular formula is C30H48O3. The van der Waals surface area contributed by atoms with Gasteiger partial charge in [-0.1, -0.05) is 53.2 Å². The summed E-state index contributed by atoms with van der Waals surface area (Å²) in [4.78, 5) is 12.5. The molecule has 5 aliphatic rings. The Morgan fingerprint density at radius 3 is 2.21 bits per heavy atom. The van der Waals surface area contributed by atoms with E-state index in [0.717, 1.165) is 25.7 Å². The molecule has 5 rings (SSSR count). The van der Waals surface area contributed by atoms with E-state index in [0.29, 0.717) is 29.1 Å². The maximum Gasteiger partial charge on any atom is 0.312 e. The van der Waals surface area contributed by atoms with Gasteiger partial charge in [-0.15, -0.1) is 0 Å². The summed E-state index contributed by atoms with van der Waals surface area (Å²) in [7, 11) is 0. The van der Waals surface area contributed by atoms with E-state index in [1.165, 1.54) is 32.1 Å². The van der Waals surface area contributed by atoms with Crippen molar-refractivity contribution < 1.29 is 15.0 Å². The number of carboxylic acids is 1. The number of hydrogen-bond acceptors (Lipinski definition) is 2. The molecule has 0 aliphatic heterocycles. The van der Waals surface area contributed by atoms with Crippen molar-refractivity contribution >= 4 is 5.97 Å². The van der Waals surface area contributed by atoms with Crippen molar-refractivity contribution in [3.05, 3.63) is 11.6 Å². The van der Waals surface area contributed by atoms with Crippen LogP contribution in [0.4, 0.5) is 0 Å². The van der Waals surface area contributed by atoms with Crippen LogP contribution in [0.3, 0.4) is 0 Å². The lowest BCUT2D eigenvalue weighted by Crippen LogP contribution is -2.66. The summed E-state index contributed by atoms with van der Waals surface area (Å²) in [5, 5.41) is 21.1. The highest BCUT2D eigenvalue weighted by molar-refractivity contribution is 5.76. The second-order valence-corrected chi connectivity index (χ2v) is 15.0. The summed E-state index contributed by atoms with van der Waals surface area (Å²) in [5.74, 6) is 0.432. The molecule has 3 nitrogen and oxygen atoms in total. The van der Waals surface area contributed by atoms with Crippen LogP contribution in [0.2, 0.25) is 0 Å². The fourth-order valence-corrected chi connectivity index (χ4v) is 10.5. The Hall–Kier alpha value is -0.830. The summed E-state index contributed by atoms with van der Waals surface area (Å²) in [6, 6.07) is 0. The molecule has 33 heavy (non-hydrogen) atoms. The Labute approximate surface area is 201 Å². The predicted octanol–water partition coefficient (Wildman–Crippen LogP) is 7.23. The van der Waals surface area contributed by atoms with Gasteiger partial charge >= 0.3 is 5.97 Å². The lowest BCUT2D eigenvalue weighted by atomic mass is 9.33. The van der Waals surface area contributed by atoms with Gasteiger partial charge < -0.3 is 10.2 Å². The molecule has 3 heteroatoms. The summed E-state index contributed by atoms with van der Waals surface area (Å²) >= 11 is 0. The fraction of sp³-hybridized carbons (Fsp3) is 0.900. The molecule has 0 amide bonds. The van der Waals surface area contributed by atoms with Crippen LogP contribution in [0.1, 0.15) is 113 Å². The highest BCUT2D eigenvalue weighted by Crippen LogP contribution is 2.75. The molecule has 4 fully saturated rings. The van der Waals surface area contributed by atoms with Gasteiger partial charge in [-0.25, -0.2) is 0 Å². The van der Waals surface area contributed by atoms with Gasteiger partial charge in [0.05, 0.1) is 11.5 Å². The van der Waals surface area contributed by atoms with Crippen molar-refractivity contribution in [3.63, 3.8) is 0 Å². The largest absolute Gasteiger partial charge is 0.481 e. The van der Waals surface area contributed by atoms with E-state index in [2.05, 4.69) is 47.6 Å². The molecule has 0 spiro atoms. The van der Waals surface area contributed by atoms with Crippen LogP contribution in [0.25, 0.3) is 0 Å². The van der Waals surface area contributed by atoms with Crippen molar-refractivity contribution in [2.24, 2.45) is 50.2 Å². The van der Waals surface area contributed by atoms with E-state index < -0.39 is 17.5 Å². The van der Waals surface area contributed by atoms with Gasteiger partial charge in [0.2, 0.25) is 0 Å². The van der Waals surface area contributed by atoms with Crippen molar-refractivity contribution in [1.29, 1.82) is 0 Å². The van der Waals surface area contributed by atoms with Crippen LogP contribution in [0, 0.1) is 50.2 Å². The maximum atomic E-state index is 12.5. The zero-order chi connectivity index (χ0) is 24.2. The lowest BCUT2D eigenvalue weighted by molar-refractivity contribution is -0.216. The Kier molecular flexibility index (Phi) is 4.99. The number of carbonyl (C=O) groups is 1. The molecule has 5 aliphatic carbocycles. The van der Waals surface area contributed by atoms with Crippen LogP contribution in [-0.4, -0.2) is 22.3 Å². The number of carboxylic acid groups (broad SMARTS) is 1. The first kappa shape index (κ1) is 23.9. The van der Waals surface area contributed by atoms with Gasteiger partial charge in [-0.2, -0.15) is 0 Å². The molecule has 9 atom stereocenters. The first-order chi connectivity index (χ1) is 15.1. The number of aliphatic hydroxyl groups excluding tert-OH is 1. The van der Waals surface area contributed by atoms with Gasteiger partial charge in [0.1, 0.15) is 0 Å². The van der Waals surface area contributed by atoms with Crippen LogP contribution in [-0.2, 0) is 4.79 Å². The van der Waals surface area contributed by atoms with Gasteiger partial charge in [0, 0.05) is 0 Å². The molecule has 0 radical (unpaired) electrons. The maximum absolute atomic E-state index is 12.5. The van der Waals surface area contributed by atoms with E-state index in [4.69, 9.17) is 0 Å². The van der Waals surface area contributed by atoms with Gasteiger partial charge in [-0.3, -0.25) is 4.79 Å². The van der Waals surface area contributed by atoms with Crippen molar-refractivity contribution in [2.45, 2.75) is 119 Å². The zero-order valence-electron chi connectivity index (χ0n) is 22.3. The topological polar surface area (TPSA) is 57.5 Å². The average molecular weight is 457 g/mol. The second-order valence-electron chi connectivity index (χ2n) is 15.0.